The molecule has 1 amide bonds. The third-order valence-corrected chi connectivity index (χ3v) is 5.51. The molecule has 0 fully saturated rings. The van der Waals surface area contributed by atoms with Gasteiger partial charge in [0.2, 0.25) is 10.0 Å². The van der Waals surface area contributed by atoms with Gasteiger partial charge in [0, 0.05) is 0 Å². The lowest BCUT2D eigenvalue weighted by molar-refractivity contribution is -0.121. The molecule has 1 unspecified atom stereocenters. The van der Waals surface area contributed by atoms with Crippen LogP contribution < -0.4 is 19.2 Å². The summed E-state index contributed by atoms with van der Waals surface area (Å²) in [6.45, 7) is 6.28. The van der Waals surface area contributed by atoms with Crippen LogP contribution in [0, 0.1) is 5.92 Å². The number of hydrazone groups is 1. The molecule has 1 N–H and O–H groups in total. The van der Waals surface area contributed by atoms with E-state index in [0.717, 1.165) is 21.9 Å². The topological polar surface area (TPSA) is 97.3 Å². The first-order valence-corrected chi connectivity index (χ1v) is 11.7. The van der Waals surface area contributed by atoms with E-state index in [1.807, 2.05) is 24.3 Å². The van der Waals surface area contributed by atoms with E-state index in [1.165, 1.54) is 20.2 Å². The number of sulfonamides is 1. The molecule has 168 valence electrons. The number of methoxy groups -OCH3 is 1. The molecule has 2 aromatic carbocycles. The number of rotatable bonds is 10. The minimum Gasteiger partial charge on any atom is -0.497 e. The van der Waals surface area contributed by atoms with E-state index in [4.69, 9.17) is 9.47 Å². The average molecular weight is 448 g/mol. The molecule has 2 rings (SSSR count). The number of nitrogens with one attached hydrogen (secondary N) is 1. The predicted molar refractivity (Wildman–Crippen MR) is 122 cm³/mol. The fourth-order valence-corrected chi connectivity index (χ4v) is 3.89. The van der Waals surface area contributed by atoms with E-state index >= 15 is 0 Å². The maximum absolute atomic E-state index is 12.5. The number of ether oxygens (including phenoxy) is 2. The highest BCUT2D eigenvalue weighted by Gasteiger charge is 2.29. The normalized spacial score (nSPS) is 12.6. The van der Waals surface area contributed by atoms with Crippen LogP contribution >= 0.6 is 0 Å². The van der Waals surface area contributed by atoms with Gasteiger partial charge in [-0.05, 0) is 66.9 Å². The second kappa shape index (κ2) is 10.8. The van der Waals surface area contributed by atoms with Gasteiger partial charge in [0.25, 0.3) is 5.91 Å². The monoisotopic (exact) mass is 447 g/mol. The van der Waals surface area contributed by atoms with Gasteiger partial charge in [-0.1, -0.05) is 13.8 Å². The van der Waals surface area contributed by atoms with Gasteiger partial charge in [0.05, 0.1) is 31.9 Å². The van der Waals surface area contributed by atoms with Crippen LogP contribution in [-0.2, 0) is 14.8 Å². The zero-order chi connectivity index (χ0) is 23.0. The highest BCUT2D eigenvalue weighted by atomic mass is 32.2. The smallest absolute Gasteiger partial charge is 0.263 e. The molecule has 0 radical (unpaired) electrons. The van der Waals surface area contributed by atoms with Gasteiger partial charge in [-0.25, -0.2) is 13.8 Å². The summed E-state index contributed by atoms with van der Waals surface area (Å²) < 4.78 is 36.4. The molecule has 1 atom stereocenters. The molecule has 0 heterocycles. The van der Waals surface area contributed by atoms with Gasteiger partial charge in [-0.15, -0.1) is 0 Å². The number of amides is 1. The Morgan fingerprint density at radius 3 is 2.16 bits per heavy atom. The number of carbonyl (C=O) groups excluding carboxylic acids is 1. The number of hydrogen-bond donors (Lipinski definition) is 1. The van der Waals surface area contributed by atoms with E-state index in [2.05, 4.69) is 24.4 Å². The van der Waals surface area contributed by atoms with Crippen LogP contribution in [-0.4, -0.2) is 46.6 Å². The van der Waals surface area contributed by atoms with Crippen LogP contribution in [0.4, 0.5) is 5.69 Å². The maximum atomic E-state index is 12.5. The Morgan fingerprint density at radius 1 is 1.06 bits per heavy atom. The van der Waals surface area contributed by atoms with Gasteiger partial charge >= 0.3 is 0 Å². The van der Waals surface area contributed by atoms with E-state index in [-0.39, 0.29) is 0 Å². The van der Waals surface area contributed by atoms with Crippen molar-refractivity contribution in [3.63, 3.8) is 0 Å². The summed E-state index contributed by atoms with van der Waals surface area (Å²) in [6.07, 6.45) is 2.53. The second-order valence-electron chi connectivity index (χ2n) is 7.44. The molecular formula is C22H29N3O5S. The first-order valence-electron chi connectivity index (χ1n) is 9.81. The molecule has 0 bridgehead atoms. The Bertz CT molecular complexity index is 987. The quantitative estimate of drug-likeness (QED) is 0.446. The van der Waals surface area contributed by atoms with E-state index in [0.29, 0.717) is 24.0 Å². The van der Waals surface area contributed by atoms with Crippen LogP contribution in [0.15, 0.2) is 53.6 Å². The molecule has 31 heavy (non-hydrogen) atoms. The van der Waals surface area contributed by atoms with Gasteiger partial charge in [-0.2, -0.15) is 5.10 Å². The van der Waals surface area contributed by atoms with Crippen molar-refractivity contribution >= 4 is 27.8 Å². The molecule has 0 saturated heterocycles. The number of carbonyl (C=O) groups is 1. The zero-order valence-electron chi connectivity index (χ0n) is 18.4. The summed E-state index contributed by atoms with van der Waals surface area (Å²) >= 11 is 0. The van der Waals surface area contributed by atoms with Gasteiger partial charge in [0.1, 0.15) is 17.5 Å². The molecule has 0 aliphatic heterocycles. The predicted octanol–water partition coefficient (Wildman–Crippen LogP) is 3.03. The van der Waals surface area contributed by atoms with Crippen LogP contribution in [0.1, 0.15) is 26.3 Å². The number of hydrogen-bond acceptors (Lipinski definition) is 6. The van der Waals surface area contributed by atoms with Crippen molar-refractivity contribution in [3.05, 3.63) is 54.1 Å². The summed E-state index contributed by atoms with van der Waals surface area (Å²) in [4.78, 5) is 12.5. The lowest BCUT2D eigenvalue weighted by Gasteiger charge is -2.27. The minimum atomic E-state index is -3.71. The van der Waals surface area contributed by atoms with Crippen molar-refractivity contribution in [1.82, 2.24) is 5.43 Å². The maximum Gasteiger partial charge on any atom is 0.263 e. The zero-order valence-corrected chi connectivity index (χ0v) is 19.2. The van der Waals surface area contributed by atoms with Crippen LogP contribution in [0.3, 0.4) is 0 Å². The molecule has 0 aliphatic rings. The number of anilines is 1. The van der Waals surface area contributed by atoms with Gasteiger partial charge < -0.3 is 9.47 Å². The molecule has 0 aliphatic carbocycles. The van der Waals surface area contributed by atoms with Crippen molar-refractivity contribution in [2.45, 2.75) is 26.8 Å². The molecule has 0 saturated carbocycles. The largest absolute Gasteiger partial charge is 0.497 e. The number of nitrogens with zero attached hydrogens (tertiary/aromatic N) is 2. The Morgan fingerprint density at radius 2 is 1.65 bits per heavy atom. The van der Waals surface area contributed by atoms with E-state index in [9.17, 15) is 13.2 Å². The van der Waals surface area contributed by atoms with Crippen molar-refractivity contribution in [2.24, 2.45) is 11.0 Å². The Balaban J connectivity index is 2.04. The summed E-state index contributed by atoms with van der Waals surface area (Å²) in [6, 6.07) is 12.7. The van der Waals surface area contributed by atoms with Crippen LogP contribution in [0.25, 0.3) is 0 Å². The summed E-state index contributed by atoms with van der Waals surface area (Å²) in [5.41, 5.74) is 3.52. The average Bonchev–Trinajstić information content (AvgIpc) is 2.72. The summed E-state index contributed by atoms with van der Waals surface area (Å²) in [5, 5.41) is 3.95. The van der Waals surface area contributed by atoms with Crippen LogP contribution in [0.5, 0.6) is 11.5 Å². The first-order chi connectivity index (χ1) is 14.6. The van der Waals surface area contributed by atoms with Crippen molar-refractivity contribution in [1.29, 1.82) is 0 Å². The second-order valence-corrected chi connectivity index (χ2v) is 9.30. The van der Waals surface area contributed by atoms with Crippen LogP contribution in [0.2, 0.25) is 0 Å². The summed E-state index contributed by atoms with van der Waals surface area (Å²) in [7, 11) is -2.19. The fraction of sp³-hybridized carbons (Fsp3) is 0.364. The highest BCUT2D eigenvalue weighted by Crippen LogP contribution is 2.23. The standard InChI is InChI=1S/C22H29N3O5S/c1-16(2)15-30-21-10-6-18(7-11-21)14-23-24-22(26)17(3)25(31(5,27)28)19-8-12-20(29-4)13-9-19/h6-14,16-17H,15H2,1-5H3,(H,24,26)/b23-14+. The molecule has 0 spiro atoms. The summed E-state index contributed by atoms with van der Waals surface area (Å²) in [5.74, 6) is 1.21. The van der Waals surface area contributed by atoms with E-state index < -0.39 is 22.0 Å². The Labute approximate surface area is 183 Å². The third-order valence-electron chi connectivity index (χ3n) is 4.27. The van der Waals surface area contributed by atoms with Crippen molar-refractivity contribution in [2.75, 3.05) is 24.3 Å². The lowest BCUT2D eigenvalue weighted by Crippen LogP contribution is -2.46. The Kier molecular flexibility index (Phi) is 8.44. The minimum absolute atomic E-state index is 0.354. The van der Waals surface area contributed by atoms with Gasteiger partial charge in [-0.3, -0.25) is 9.10 Å². The van der Waals surface area contributed by atoms with Crippen molar-refractivity contribution in [3.8, 4) is 11.5 Å². The van der Waals surface area contributed by atoms with E-state index in [1.54, 1.807) is 24.3 Å². The molecule has 9 heteroatoms. The third kappa shape index (κ3) is 7.29. The van der Waals surface area contributed by atoms with Crippen molar-refractivity contribution < 1.29 is 22.7 Å². The number of benzene rings is 2. The molecule has 8 nitrogen and oxygen atoms in total. The molecule has 2 aromatic rings. The Hall–Kier alpha value is -3.07. The van der Waals surface area contributed by atoms with Gasteiger partial charge in [0.15, 0.2) is 0 Å². The fourth-order valence-electron chi connectivity index (χ4n) is 2.71. The lowest BCUT2D eigenvalue weighted by atomic mass is 10.2. The first kappa shape index (κ1) is 24.2. The SMILES string of the molecule is COc1ccc(N(C(C)C(=O)N/N=C/c2ccc(OCC(C)C)cc2)S(C)(=O)=O)cc1. The molecular weight excluding hydrogens is 418 g/mol. The highest BCUT2D eigenvalue weighted by molar-refractivity contribution is 7.92. The molecule has 0 aromatic heterocycles.